The van der Waals surface area contributed by atoms with E-state index < -0.39 is 0 Å². The molecule has 0 aromatic heterocycles. The lowest BCUT2D eigenvalue weighted by atomic mass is 10.4. The Bertz CT molecular complexity index is 141. The molecule has 0 rings (SSSR count). The van der Waals surface area contributed by atoms with Crippen LogP contribution in [0.3, 0.4) is 0 Å². The number of hydrogen-bond acceptors (Lipinski definition) is 2. The Morgan fingerprint density at radius 3 is 2.90 bits per heavy atom. The minimum Gasteiger partial charge on any atom is -0.405 e. The number of carbonyl (C=O) groups excluding carboxylic acids is 1. The molecule has 0 aliphatic rings. The molecule has 0 atom stereocenters. The Hall–Kier alpha value is -1.25. The van der Waals surface area contributed by atoms with E-state index in [2.05, 4.69) is 11.9 Å². The third-order valence-corrected chi connectivity index (χ3v) is 0.883. The molecule has 10 heavy (non-hydrogen) atoms. The second kappa shape index (κ2) is 5.88. The number of hydrogen-bond donors (Lipinski definition) is 2. The van der Waals surface area contributed by atoms with E-state index in [9.17, 15) is 4.79 Å². The fraction of sp³-hybridized carbons (Fsp3) is 0.286. The van der Waals surface area contributed by atoms with Gasteiger partial charge in [0.05, 0.1) is 0 Å². The summed E-state index contributed by atoms with van der Waals surface area (Å²) < 4.78 is 0. The van der Waals surface area contributed by atoms with Crippen LogP contribution in [0.2, 0.25) is 0 Å². The van der Waals surface area contributed by atoms with Gasteiger partial charge in [0.1, 0.15) is 0 Å². The summed E-state index contributed by atoms with van der Waals surface area (Å²) in [6.07, 6.45) is 4.92. The summed E-state index contributed by atoms with van der Waals surface area (Å²) in [5, 5.41) is 2.60. The number of amides is 1. The first-order valence-electron chi connectivity index (χ1n) is 3.05. The lowest BCUT2D eigenvalue weighted by Gasteiger charge is -1.96. The maximum Gasteiger partial charge on any atom is 0.224 e. The van der Waals surface area contributed by atoms with Crippen LogP contribution in [0.15, 0.2) is 24.9 Å². The highest BCUT2D eigenvalue weighted by atomic mass is 16.1. The van der Waals surface area contributed by atoms with Gasteiger partial charge in [-0.15, -0.1) is 6.58 Å². The molecular weight excluding hydrogens is 128 g/mol. The molecule has 3 nitrogen and oxygen atoms in total. The SMILES string of the molecule is C=CCNC(=O)CC=CN. The largest absolute Gasteiger partial charge is 0.405 e. The van der Waals surface area contributed by atoms with Crippen LogP contribution >= 0.6 is 0 Å². The third-order valence-electron chi connectivity index (χ3n) is 0.883. The third kappa shape index (κ3) is 4.90. The summed E-state index contributed by atoms with van der Waals surface area (Å²) in [5.41, 5.74) is 5.02. The molecule has 0 aliphatic heterocycles. The van der Waals surface area contributed by atoms with E-state index in [4.69, 9.17) is 5.73 Å². The molecule has 0 aliphatic carbocycles. The van der Waals surface area contributed by atoms with Crippen LogP contribution in [0.5, 0.6) is 0 Å². The van der Waals surface area contributed by atoms with Crippen LogP contribution in [0, 0.1) is 0 Å². The highest BCUT2D eigenvalue weighted by molar-refractivity contribution is 5.77. The predicted molar refractivity (Wildman–Crippen MR) is 41.2 cm³/mol. The normalized spacial score (nSPS) is 9.60. The second-order valence-corrected chi connectivity index (χ2v) is 1.73. The van der Waals surface area contributed by atoms with Crippen molar-refractivity contribution in [2.24, 2.45) is 5.73 Å². The Kier molecular flexibility index (Phi) is 5.14. The molecule has 56 valence electrons. The smallest absolute Gasteiger partial charge is 0.224 e. The van der Waals surface area contributed by atoms with Crippen LogP contribution in [-0.4, -0.2) is 12.5 Å². The summed E-state index contributed by atoms with van der Waals surface area (Å²) in [7, 11) is 0. The van der Waals surface area contributed by atoms with Crippen molar-refractivity contribution in [2.75, 3.05) is 6.54 Å². The Morgan fingerprint density at radius 1 is 1.70 bits per heavy atom. The zero-order valence-electron chi connectivity index (χ0n) is 5.84. The average Bonchev–Trinajstić information content (AvgIpc) is 1.97. The van der Waals surface area contributed by atoms with Crippen molar-refractivity contribution in [1.82, 2.24) is 5.32 Å². The van der Waals surface area contributed by atoms with Gasteiger partial charge in [-0.3, -0.25) is 4.79 Å². The topological polar surface area (TPSA) is 55.1 Å². The van der Waals surface area contributed by atoms with Crippen molar-refractivity contribution in [3.63, 3.8) is 0 Å². The van der Waals surface area contributed by atoms with Gasteiger partial charge in [-0.25, -0.2) is 0 Å². The fourth-order valence-electron chi connectivity index (χ4n) is 0.433. The van der Waals surface area contributed by atoms with E-state index in [1.165, 1.54) is 6.20 Å². The molecule has 0 saturated carbocycles. The van der Waals surface area contributed by atoms with Gasteiger partial charge < -0.3 is 11.1 Å². The molecule has 1 amide bonds. The zero-order chi connectivity index (χ0) is 7.82. The number of nitrogens with two attached hydrogens (primary N) is 1. The lowest BCUT2D eigenvalue weighted by molar-refractivity contribution is -0.120. The molecule has 0 fully saturated rings. The maximum absolute atomic E-state index is 10.7. The van der Waals surface area contributed by atoms with Crippen molar-refractivity contribution >= 4 is 5.91 Å². The van der Waals surface area contributed by atoms with E-state index in [-0.39, 0.29) is 5.91 Å². The molecular formula is C7H12N2O. The van der Waals surface area contributed by atoms with Gasteiger partial charge in [0.2, 0.25) is 5.91 Å². The van der Waals surface area contributed by atoms with Gasteiger partial charge in [-0.1, -0.05) is 12.2 Å². The number of nitrogens with one attached hydrogen (secondary N) is 1. The molecule has 0 unspecified atom stereocenters. The molecule has 0 spiro atoms. The van der Waals surface area contributed by atoms with Crippen LogP contribution in [0.25, 0.3) is 0 Å². The van der Waals surface area contributed by atoms with E-state index >= 15 is 0 Å². The van der Waals surface area contributed by atoms with E-state index in [0.717, 1.165) is 0 Å². The Morgan fingerprint density at radius 2 is 2.40 bits per heavy atom. The van der Waals surface area contributed by atoms with Gasteiger partial charge in [-0.05, 0) is 6.20 Å². The van der Waals surface area contributed by atoms with Gasteiger partial charge in [0.25, 0.3) is 0 Å². The van der Waals surface area contributed by atoms with E-state index in [1.54, 1.807) is 12.2 Å². The standard InChI is InChI=1S/C7H12N2O/c1-2-6-9-7(10)4-3-5-8/h2-3,5H,1,4,6,8H2,(H,9,10). The molecule has 0 radical (unpaired) electrons. The van der Waals surface area contributed by atoms with E-state index in [1.807, 2.05) is 0 Å². The van der Waals surface area contributed by atoms with Gasteiger partial charge >= 0.3 is 0 Å². The lowest BCUT2D eigenvalue weighted by Crippen LogP contribution is -2.22. The first kappa shape index (κ1) is 8.75. The van der Waals surface area contributed by atoms with Crippen molar-refractivity contribution in [1.29, 1.82) is 0 Å². The fourth-order valence-corrected chi connectivity index (χ4v) is 0.433. The van der Waals surface area contributed by atoms with Crippen LogP contribution in [-0.2, 0) is 4.79 Å². The summed E-state index contributed by atoms with van der Waals surface area (Å²) in [4.78, 5) is 10.7. The molecule has 0 aromatic rings. The number of carbonyl (C=O) groups is 1. The summed E-state index contributed by atoms with van der Waals surface area (Å²) in [5.74, 6) is -0.0402. The van der Waals surface area contributed by atoms with Crippen molar-refractivity contribution in [2.45, 2.75) is 6.42 Å². The van der Waals surface area contributed by atoms with Crippen LogP contribution in [0.1, 0.15) is 6.42 Å². The molecule has 3 heteroatoms. The second-order valence-electron chi connectivity index (χ2n) is 1.73. The minimum absolute atomic E-state index is 0.0402. The first-order chi connectivity index (χ1) is 4.81. The molecule has 0 aromatic carbocycles. The summed E-state index contributed by atoms with van der Waals surface area (Å²) >= 11 is 0. The average molecular weight is 140 g/mol. The summed E-state index contributed by atoms with van der Waals surface area (Å²) in [6.45, 7) is 3.97. The van der Waals surface area contributed by atoms with Gasteiger partial charge in [0, 0.05) is 13.0 Å². The highest BCUT2D eigenvalue weighted by Crippen LogP contribution is 1.79. The highest BCUT2D eigenvalue weighted by Gasteiger charge is 1.92. The minimum atomic E-state index is -0.0402. The maximum atomic E-state index is 10.7. The molecule has 0 heterocycles. The molecule has 0 bridgehead atoms. The zero-order valence-corrected chi connectivity index (χ0v) is 5.84. The first-order valence-corrected chi connectivity index (χ1v) is 3.05. The van der Waals surface area contributed by atoms with Crippen molar-refractivity contribution in [3.05, 3.63) is 24.9 Å². The predicted octanol–water partition coefficient (Wildman–Crippen LogP) is 0.151. The van der Waals surface area contributed by atoms with Crippen LogP contribution < -0.4 is 11.1 Å². The van der Waals surface area contributed by atoms with Crippen LogP contribution in [0.4, 0.5) is 0 Å². The number of rotatable bonds is 4. The van der Waals surface area contributed by atoms with Gasteiger partial charge in [-0.2, -0.15) is 0 Å². The summed E-state index contributed by atoms with van der Waals surface area (Å²) in [6, 6.07) is 0. The van der Waals surface area contributed by atoms with Crippen molar-refractivity contribution in [3.8, 4) is 0 Å². The molecule has 3 N–H and O–H groups in total. The van der Waals surface area contributed by atoms with E-state index in [0.29, 0.717) is 13.0 Å². The Balaban J connectivity index is 3.34. The quantitative estimate of drug-likeness (QED) is 0.546. The Labute approximate surface area is 60.6 Å². The molecule has 0 saturated heterocycles. The van der Waals surface area contributed by atoms with Crippen molar-refractivity contribution < 1.29 is 4.79 Å². The van der Waals surface area contributed by atoms with Gasteiger partial charge in [0.15, 0.2) is 0 Å². The monoisotopic (exact) mass is 140 g/mol.